The number of benzene rings is 1. The van der Waals surface area contributed by atoms with Crippen molar-refractivity contribution in [3.63, 3.8) is 0 Å². The minimum absolute atomic E-state index is 0.0835. The Balaban J connectivity index is 2.10. The summed E-state index contributed by atoms with van der Waals surface area (Å²) in [6.45, 7) is 6.20. The number of anilines is 1. The van der Waals surface area contributed by atoms with E-state index in [0.29, 0.717) is 18.8 Å². The lowest BCUT2D eigenvalue weighted by atomic mass is 9.92. The van der Waals surface area contributed by atoms with E-state index < -0.39 is 28.5 Å². The molecule has 8 nitrogen and oxygen atoms in total. The molecule has 0 radical (unpaired) electrons. The van der Waals surface area contributed by atoms with Crippen LogP contribution in [0.2, 0.25) is 0 Å². The smallest absolute Gasteiger partial charge is 0.306 e. The molecule has 29 heavy (non-hydrogen) atoms. The third-order valence-electron chi connectivity index (χ3n) is 4.44. The fourth-order valence-electron chi connectivity index (χ4n) is 3.02. The summed E-state index contributed by atoms with van der Waals surface area (Å²) in [6, 6.07) is 4.33. The Morgan fingerprint density at radius 3 is 2.38 bits per heavy atom. The first-order chi connectivity index (χ1) is 13.5. The predicted molar refractivity (Wildman–Crippen MR) is 109 cm³/mol. The monoisotopic (exact) mass is 426 g/mol. The van der Waals surface area contributed by atoms with Crippen molar-refractivity contribution in [2.45, 2.75) is 51.3 Å². The molecule has 1 N–H and O–H groups in total. The number of rotatable bonds is 7. The number of piperidine rings is 1. The maximum absolute atomic E-state index is 12.9. The molecule has 0 bridgehead atoms. The minimum atomic E-state index is -3.65. The van der Waals surface area contributed by atoms with E-state index in [1.54, 1.807) is 0 Å². The molecule has 9 heteroatoms. The van der Waals surface area contributed by atoms with E-state index >= 15 is 0 Å². The molecule has 2 rings (SSSR count). The Morgan fingerprint density at radius 1 is 1.14 bits per heavy atom. The molecule has 0 saturated carbocycles. The van der Waals surface area contributed by atoms with Crippen LogP contribution in [0.25, 0.3) is 0 Å². The first-order valence-electron chi connectivity index (χ1n) is 9.66. The summed E-state index contributed by atoms with van der Waals surface area (Å²) in [4.78, 5) is 24.1. The molecular weight excluding hydrogens is 396 g/mol. The predicted octanol–water partition coefficient (Wildman–Crippen LogP) is 2.79. The second kappa shape index (κ2) is 9.58. The van der Waals surface area contributed by atoms with Crippen LogP contribution in [0.15, 0.2) is 23.1 Å². The molecule has 1 aromatic carbocycles. The van der Waals surface area contributed by atoms with Gasteiger partial charge in [-0.1, -0.05) is 27.2 Å². The maximum atomic E-state index is 12.9. The van der Waals surface area contributed by atoms with Gasteiger partial charge in [-0.2, -0.15) is 4.31 Å². The van der Waals surface area contributed by atoms with Gasteiger partial charge in [-0.15, -0.1) is 0 Å². The highest BCUT2D eigenvalue weighted by molar-refractivity contribution is 7.89. The van der Waals surface area contributed by atoms with E-state index in [9.17, 15) is 18.0 Å². The summed E-state index contributed by atoms with van der Waals surface area (Å²) in [5.74, 6) is -0.726. The first kappa shape index (κ1) is 23.2. The molecule has 0 aliphatic carbocycles. The van der Waals surface area contributed by atoms with Gasteiger partial charge in [0.05, 0.1) is 24.1 Å². The lowest BCUT2D eigenvalue weighted by molar-refractivity contribution is -0.149. The number of nitrogens with one attached hydrogen (secondary N) is 1. The molecule has 0 aromatic heterocycles. The standard InChI is InChI=1S/C20H30N2O6S/c1-20(2,3)13-19(24)28-14-18(23)21-16-12-15(8-9-17(16)27-4)29(25,26)22-10-6-5-7-11-22/h8-9,12H,5-7,10-11,13-14H2,1-4H3,(H,21,23). The van der Waals surface area contributed by atoms with Crippen LogP contribution < -0.4 is 10.1 Å². The van der Waals surface area contributed by atoms with E-state index in [1.807, 2.05) is 20.8 Å². The summed E-state index contributed by atoms with van der Waals surface area (Å²) in [6.07, 6.45) is 2.87. The fourth-order valence-corrected chi connectivity index (χ4v) is 4.56. The van der Waals surface area contributed by atoms with Gasteiger partial charge in [-0.25, -0.2) is 8.42 Å². The van der Waals surface area contributed by atoms with Crippen LogP contribution >= 0.6 is 0 Å². The van der Waals surface area contributed by atoms with E-state index in [-0.39, 0.29) is 22.4 Å². The van der Waals surface area contributed by atoms with Crippen molar-refractivity contribution in [1.82, 2.24) is 4.31 Å². The van der Waals surface area contributed by atoms with Gasteiger partial charge in [0.1, 0.15) is 5.75 Å². The van der Waals surface area contributed by atoms with Crippen LogP contribution in [0.4, 0.5) is 5.69 Å². The average Bonchev–Trinajstić information content (AvgIpc) is 2.65. The van der Waals surface area contributed by atoms with E-state index in [4.69, 9.17) is 9.47 Å². The molecule has 1 amide bonds. The highest BCUT2D eigenvalue weighted by atomic mass is 32.2. The van der Waals surface area contributed by atoms with E-state index in [1.165, 1.54) is 29.6 Å². The quantitative estimate of drug-likeness (QED) is 0.673. The van der Waals surface area contributed by atoms with Gasteiger partial charge in [-0.05, 0) is 36.5 Å². The zero-order chi connectivity index (χ0) is 21.7. The van der Waals surface area contributed by atoms with Crippen LogP contribution in [0, 0.1) is 5.41 Å². The summed E-state index contributed by atoms with van der Waals surface area (Å²) in [5.41, 5.74) is -0.0315. The van der Waals surface area contributed by atoms with Gasteiger partial charge in [-0.3, -0.25) is 9.59 Å². The number of carbonyl (C=O) groups is 2. The zero-order valence-corrected chi connectivity index (χ0v) is 18.3. The number of nitrogens with zero attached hydrogens (tertiary/aromatic N) is 1. The van der Waals surface area contributed by atoms with Gasteiger partial charge in [0.2, 0.25) is 10.0 Å². The largest absolute Gasteiger partial charge is 0.495 e. The van der Waals surface area contributed by atoms with Crippen LogP contribution in [0.3, 0.4) is 0 Å². The number of hydrogen-bond donors (Lipinski definition) is 1. The van der Waals surface area contributed by atoms with Gasteiger partial charge in [0.25, 0.3) is 5.91 Å². The molecule has 1 aliphatic heterocycles. The highest BCUT2D eigenvalue weighted by Gasteiger charge is 2.27. The van der Waals surface area contributed by atoms with Crippen molar-refractivity contribution in [1.29, 1.82) is 0 Å². The number of sulfonamides is 1. The Labute approximate surface area is 172 Å². The molecule has 1 heterocycles. The van der Waals surface area contributed by atoms with Crippen molar-refractivity contribution in [2.75, 3.05) is 32.1 Å². The maximum Gasteiger partial charge on any atom is 0.306 e. The fraction of sp³-hybridized carbons (Fsp3) is 0.600. The minimum Gasteiger partial charge on any atom is -0.495 e. The number of esters is 1. The van der Waals surface area contributed by atoms with Crippen molar-refractivity contribution >= 4 is 27.6 Å². The summed E-state index contributed by atoms with van der Waals surface area (Å²) >= 11 is 0. The van der Waals surface area contributed by atoms with Gasteiger partial charge in [0, 0.05) is 13.1 Å². The Morgan fingerprint density at radius 2 is 1.79 bits per heavy atom. The SMILES string of the molecule is COc1ccc(S(=O)(=O)N2CCCCC2)cc1NC(=O)COC(=O)CC(C)(C)C. The normalized spacial score (nSPS) is 15.6. The lowest BCUT2D eigenvalue weighted by Crippen LogP contribution is -2.35. The summed E-state index contributed by atoms with van der Waals surface area (Å²) in [5, 5.41) is 2.57. The van der Waals surface area contributed by atoms with Crippen molar-refractivity contribution in [2.24, 2.45) is 5.41 Å². The average molecular weight is 427 g/mol. The van der Waals surface area contributed by atoms with Gasteiger partial charge in [0.15, 0.2) is 6.61 Å². The molecule has 162 valence electrons. The second-order valence-electron chi connectivity index (χ2n) is 8.27. The van der Waals surface area contributed by atoms with Crippen LogP contribution in [0.1, 0.15) is 46.5 Å². The molecular formula is C20H30N2O6S. The van der Waals surface area contributed by atoms with Crippen LogP contribution in [0.5, 0.6) is 5.75 Å². The van der Waals surface area contributed by atoms with Gasteiger partial charge < -0.3 is 14.8 Å². The van der Waals surface area contributed by atoms with Crippen molar-refractivity contribution in [3.05, 3.63) is 18.2 Å². The van der Waals surface area contributed by atoms with E-state index in [2.05, 4.69) is 5.32 Å². The molecule has 1 aliphatic rings. The van der Waals surface area contributed by atoms with Crippen molar-refractivity contribution in [3.8, 4) is 5.75 Å². The van der Waals surface area contributed by atoms with E-state index in [0.717, 1.165) is 19.3 Å². The zero-order valence-electron chi connectivity index (χ0n) is 17.5. The Kier molecular flexibility index (Phi) is 7.65. The molecule has 1 aromatic rings. The van der Waals surface area contributed by atoms with Crippen molar-refractivity contribution < 1.29 is 27.5 Å². The highest BCUT2D eigenvalue weighted by Crippen LogP contribution is 2.30. The molecule has 1 saturated heterocycles. The number of amides is 1. The number of ether oxygens (including phenoxy) is 2. The Hall–Kier alpha value is -2.13. The second-order valence-corrected chi connectivity index (χ2v) is 10.2. The first-order valence-corrected chi connectivity index (χ1v) is 11.1. The topological polar surface area (TPSA) is 102 Å². The molecule has 0 unspecified atom stereocenters. The van der Waals surface area contributed by atoms with Crippen LogP contribution in [-0.2, 0) is 24.3 Å². The Bertz CT molecular complexity index is 839. The molecule has 0 spiro atoms. The van der Waals surface area contributed by atoms with Crippen LogP contribution in [-0.4, -0.2) is 51.4 Å². The summed E-state index contributed by atoms with van der Waals surface area (Å²) < 4.78 is 37.4. The third kappa shape index (κ3) is 6.71. The lowest BCUT2D eigenvalue weighted by Gasteiger charge is -2.26. The summed E-state index contributed by atoms with van der Waals surface area (Å²) in [7, 11) is -2.23. The number of hydrogen-bond acceptors (Lipinski definition) is 6. The number of methoxy groups -OCH3 is 1. The third-order valence-corrected chi connectivity index (χ3v) is 6.33. The van der Waals surface area contributed by atoms with Gasteiger partial charge >= 0.3 is 5.97 Å². The molecule has 0 atom stereocenters. The number of carbonyl (C=O) groups excluding carboxylic acids is 2. The molecule has 1 fully saturated rings.